The molecular formula is C41H68O4. The highest BCUT2D eigenvalue weighted by Crippen LogP contribution is 2.12. The van der Waals surface area contributed by atoms with Crippen LogP contribution in [0, 0.1) is 0 Å². The number of hydrogen-bond acceptors (Lipinski definition) is 4. The number of ether oxygens (including phenoxy) is 2. The van der Waals surface area contributed by atoms with E-state index in [1.807, 2.05) is 12.2 Å². The average molecular weight is 625 g/mol. The lowest BCUT2D eigenvalue weighted by Crippen LogP contribution is -2.26. The Hall–Kier alpha value is -2.59. The summed E-state index contributed by atoms with van der Waals surface area (Å²) in [6.45, 7) is 4.36. The predicted octanol–water partition coefficient (Wildman–Crippen LogP) is 12.0. The molecule has 0 aromatic carbocycles. The number of allylic oxidation sites excluding steroid dienone is 13. The number of carbonyl (C=O) groups excluding carboxylic acids is 1. The zero-order valence-corrected chi connectivity index (χ0v) is 29.1. The maximum atomic E-state index is 12.1. The van der Waals surface area contributed by atoms with Crippen molar-refractivity contribution in [1.82, 2.24) is 0 Å². The lowest BCUT2D eigenvalue weighted by Gasteiger charge is -2.14. The Morgan fingerprint density at radius 2 is 1.00 bits per heavy atom. The number of hydrogen-bond donors (Lipinski definition) is 1. The van der Waals surface area contributed by atoms with E-state index < -0.39 is 6.10 Å². The third-order valence-electron chi connectivity index (χ3n) is 7.31. The number of rotatable bonds is 32. The van der Waals surface area contributed by atoms with Crippen molar-refractivity contribution < 1.29 is 19.4 Å². The maximum Gasteiger partial charge on any atom is 0.306 e. The molecule has 0 saturated carbocycles. The van der Waals surface area contributed by atoms with Crippen LogP contribution in [0.5, 0.6) is 0 Å². The van der Waals surface area contributed by atoms with Gasteiger partial charge in [0, 0.05) is 6.42 Å². The number of carbonyl (C=O) groups is 1. The van der Waals surface area contributed by atoms with Crippen LogP contribution in [0.15, 0.2) is 85.3 Å². The highest BCUT2D eigenvalue weighted by molar-refractivity contribution is 5.69. The zero-order chi connectivity index (χ0) is 32.7. The lowest BCUT2D eigenvalue weighted by atomic mass is 10.0. The van der Waals surface area contributed by atoms with Crippen molar-refractivity contribution in [2.24, 2.45) is 0 Å². The molecule has 45 heavy (non-hydrogen) atoms. The van der Waals surface area contributed by atoms with Gasteiger partial charge < -0.3 is 14.6 Å². The molecular weight excluding hydrogens is 556 g/mol. The minimum Gasteiger partial charge on any atom is -0.498 e. The van der Waals surface area contributed by atoms with Gasteiger partial charge in [-0.3, -0.25) is 4.79 Å². The molecule has 0 aromatic rings. The number of aliphatic hydroxyl groups excluding tert-OH is 1. The zero-order valence-electron chi connectivity index (χ0n) is 29.1. The van der Waals surface area contributed by atoms with Gasteiger partial charge in [-0.05, 0) is 63.9 Å². The van der Waals surface area contributed by atoms with Crippen LogP contribution >= 0.6 is 0 Å². The number of esters is 1. The molecule has 0 radical (unpaired) electrons. The Kier molecular flexibility index (Phi) is 35.4. The molecule has 0 saturated heterocycles. The van der Waals surface area contributed by atoms with Crippen LogP contribution in [0.4, 0.5) is 0 Å². The van der Waals surface area contributed by atoms with E-state index in [0.717, 1.165) is 44.9 Å². The van der Waals surface area contributed by atoms with Crippen LogP contribution in [0.25, 0.3) is 0 Å². The predicted molar refractivity (Wildman–Crippen MR) is 195 cm³/mol. The first-order chi connectivity index (χ1) is 22.2. The molecule has 4 heteroatoms. The highest BCUT2D eigenvalue weighted by Gasteiger charge is 2.13. The molecule has 0 aliphatic carbocycles. The molecule has 0 fully saturated rings. The first-order valence-electron chi connectivity index (χ1n) is 18.2. The van der Waals surface area contributed by atoms with E-state index in [4.69, 9.17) is 9.47 Å². The van der Waals surface area contributed by atoms with Gasteiger partial charge in [0.25, 0.3) is 0 Å². The van der Waals surface area contributed by atoms with Crippen LogP contribution in [0.1, 0.15) is 149 Å². The Labute approximate surface area is 278 Å². The molecule has 256 valence electrons. The summed E-state index contributed by atoms with van der Waals surface area (Å²) < 4.78 is 10.8. The minimum atomic E-state index is -0.626. The molecule has 0 aliphatic heterocycles. The average Bonchev–Trinajstić information content (AvgIpc) is 3.05. The second-order valence-corrected chi connectivity index (χ2v) is 11.6. The first kappa shape index (κ1) is 42.4. The Morgan fingerprint density at radius 1 is 0.556 bits per heavy atom. The molecule has 0 aliphatic rings. The SMILES string of the molecule is CC/C=C\C/C=C\C/C=C\C/C=C\C/C=C\C/C=C\CCC(=O)OC(CO)CO/C=C\CCCCCCCCCCCCCC. The number of aliphatic hydroxyl groups is 1. The van der Waals surface area contributed by atoms with Gasteiger partial charge in [-0.1, -0.05) is 157 Å². The summed E-state index contributed by atoms with van der Waals surface area (Å²) in [5.74, 6) is -0.308. The van der Waals surface area contributed by atoms with Gasteiger partial charge >= 0.3 is 5.97 Å². The summed E-state index contributed by atoms with van der Waals surface area (Å²) in [6.07, 6.45) is 53.0. The third-order valence-corrected chi connectivity index (χ3v) is 7.31. The molecule has 1 unspecified atom stereocenters. The van der Waals surface area contributed by atoms with E-state index in [1.54, 1.807) is 6.26 Å². The standard InChI is InChI=1S/C41H68O4/c1-3-5-7-9-11-13-15-17-19-20-21-22-23-24-26-28-30-32-34-36-41(43)45-40(38-42)39-44-37-35-33-31-29-27-25-18-16-14-12-10-8-6-4-2/h5,7,11,13,17,19,21-22,24,26,30,32,35,37,40,42H,3-4,6,8-10,12,14-16,18,20,23,25,27-29,31,33-34,36,38-39H2,1-2H3/b7-5-,13-11-,19-17-,22-21-,26-24-,32-30-,37-35-. The summed E-state index contributed by atoms with van der Waals surface area (Å²) in [7, 11) is 0. The summed E-state index contributed by atoms with van der Waals surface area (Å²) in [6, 6.07) is 0. The number of unbranched alkanes of at least 4 members (excludes halogenated alkanes) is 12. The van der Waals surface area contributed by atoms with Crippen LogP contribution < -0.4 is 0 Å². The van der Waals surface area contributed by atoms with Crippen LogP contribution in [-0.4, -0.2) is 30.4 Å². The third kappa shape index (κ3) is 35.8. The molecule has 0 bridgehead atoms. The largest absolute Gasteiger partial charge is 0.498 e. The van der Waals surface area contributed by atoms with E-state index >= 15 is 0 Å². The smallest absolute Gasteiger partial charge is 0.306 e. The fourth-order valence-corrected chi connectivity index (χ4v) is 4.61. The van der Waals surface area contributed by atoms with Crippen molar-refractivity contribution >= 4 is 5.97 Å². The van der Waals surface area contributed by atoms with Crippen LogP contribution in [0.2, 0.25) is 0 Å². The van der Waals surface area contributed by atoms with Gasteiger partial charge in [0.2, 0.25) is 0 Å². The highest BCUT2D eigenvalue weighted by atomic mass is 16.6. The summed E-state index contributed by atoms with van der Waals surface area (Å²) >= 11 is 0. The summed E-state index contributed by atoms with van der Waals surface area (Å²) in [4.78, 5) is 12.1. The van der Waals surface area contributed by atoms with Crippen LogP contribution in [0.3, 0.4) is 0 Å². The van der Waals surface area contributed by atoms with Gasteiger partial charge in [0.05, 0.1) is 12.9 Å². The van der Waals surface area contributed by atoms with Crippen molar-refractivity contribution in [3.8, 4) is 0 Å². The van der Waals surface area contributed by atoms with Crippen molar-refractivity contribution in [2.75, 3.05) is 13.2 Å². The van der Waals surface area contributed by atoms with Gasteiger partial charge in [0.15, 0.2) is 6.10 Å². The molecule has 0 amide bonds. The molecule has 1 N–H and O–H groups in total. The van der Waals surface area contributed by atoms with Gasteiger partial charge in [-0.2, -0.15) is 0 Å². The van der Waals surface area contributed by atoms with Crippen molar-refractivity contribution in [3.05, 3.63) is 85.3 Å². The van der Waals surface area contributed by atoms with Gasteiger partial charge in [-0.25, -0.2) is 0 Å². The molecule has 1 atom stereocenters. The molecule has 0 aromatic heterocycles. The molecule has 4 nitrogen and oxygen atoms in total. The fourth-order valence-electron chi connectivity index (χ4n) is 4.61. The van der Waals surface area contributed by atoms with E-state index in [9.17, 15) is 9.90 Å². The fraction of sp³-hybridized carbons (Fsp3) is 0.634. The molecule has 0 rings (SSSR count). The topological polar surface area (TPSA) is 55.8 Å². The van der Waals surface area contributed by atoms with Gasteiger partial charge in [-0.15, -0.1) is 0 Å². The van der Waals surface area contributed by atoms with Crippen molar-refractivity contribution in [2.45, 2.75) is 155 Å². The first-order valence-corrected chi connectivity index (χ1v) is 18.2. The van der Waals surface area contributed by atoms with E-state index in [1.165, 1.54) is 77.0 Å². The molecule has 0 spiro atoms. The second-order valence-electron chi connectivity index (χ2n) is 11.6. The van der Waals surface area contributed by atoms with Crippen molar-refractivity contribution in [3.63, 3.8) is 0 Å². The summed E-state index contributed by atoms with van der Waals surface area (Å²) in [5.41, 5.74) is 0. The van der Waals surface area contributed by atoms with E-state index in [2.05, 4.69) is 80.7 Å². The summed E-state index contributed by atoms with van der Waals surface area (Å²) in [5, 5.41) is 9.52. The van der Waals surface area contributed by atoms with E-state index in [-0.39, 0.29) is 19.2 Å². The Balaban J connectivity index is 3.68. The Morgan fingerprint density at radius 3 is 1.47 bits per heavy atom. The van der Waals surface area contributed by atoms with Crippen molar-refractivity contribution in [1.29, 1.82) is 0 Å². The maximum absolute atomic E-state index is 12.1. The normalized spacial score (nSPS) is 13.3. The van der Waals surface area contributed by atoms with Gasteiger partial charge in [0.1, 0.15) is 6.61 Å². The van der Waals surface area contributed by atoms with E-state index in [0.29, 0.717) is 12.8 Å². The lowest BCUT2D eigenvalue weighted by molar-refractivity contribution is -0.153. The van der Waals surface area contributed by atoms with Crippen LogP contribution in [-0.2, 0) is 14.3 Å². The quantitative estimate of drug-likeness (QED) is 0.0350. The monoisotopic (exact) mass is 625 g/mol. The Bertz CT molecular complexity index is 830. The second kappa shape index (κ2) is 37.6. The molecule has 0 heterocycles. The minimum absolute atomic E-state index is 0.178.